The lowest BCUT2D eigenvalue weighted by Gasteiger charge is -2.06. The first-order valence-corrected chi connectivity index (χ1v) is 4.79. The lowest BCUT2D eigenvalue weighted by molar-refractivity contribution is 0.630. The summed E-state index contributed by atoms with van der Waals surface area (Å²) in [5.41, 5.74) is 1.61. The largest absolute Gasteiger partial charge is 0.379 e. The van der Waals surface area contributed by atoms with Crippen LogP contribution in [-0.2, 0) is 6.54 Å². The highest BCUT2D eigenvalue weighted by molar-refractivity contribution is 5.44. The monoisotopic (exact) mass is 200 g/mol. The van der Waals surface area contributed by atoms with E-state index in [1.807, 2.05) is 30.3 Å². The Labute approximate surface area is 88.6 Å². The van der Waals surface area contributed by atoms with Crippen LogP contribution in [0, 0.1) is 11.9 Å². The van der Waals surface area contributed by atoms with Gasteiger partial charge in [0.25, 0.3) is 0 Å². The van der Waals surface area contributed by atoms with E-state index in [9.17, 15) is 4.39 Å². The third-order valence-electron chi connectivity index (χ3n) is 2.14. The number of rotatable bonds is 3. The summed E-state index contributed by atoms with van der Waals surface area (Å²) in [6.07, 6.45) is 0. The minimum atomic E-state index is -0.246. The van der Waals surface area contributed by atoms with Gasteiger partial charge in [0.05, 0.1) is 5.69 Å². The molecule has 15 heavy (non-hydrogen) atoms. The fraction of sp³-hybridized carbons (Fsp3) is 0.0769. The molecule has 0 amide bonds. The van der Waals surface area contributed by atoms with E-state index in [4.69, 9.17) is 0 Å². The van der Waals surface area contributed by atoms with Crippen molar-refractivity contribution >= 4 is 5.69 Å². The molecule has 0 heterocycles. The van der Waals surface area contributed by atoms with Gasteiger partial charge in [-0.25, -0.2) is 4.39 Å². The predicted octanol–water partition coefficient (Wildman–Crippen LogP) is 3.24. The smallest absolute Gasteiger partial charge is 0.146 e. The van der Waals surface area contributed by atoms with Crippen LogP contribution < -0.4 is 5.32 Å². The normalized spacial score (nSPS) is 9.93. The first-order valence-electron chi connectivity index (χ1n) is 4.79. The van der Waals surface area contributed by atoms with Crippen molar-refractivity contribution in [2.45, 2.75) is 6.54 Å². The zero-order chi connectivity index (χ0) is 10.5. The van der Waals surface area contributed by atoms with Crippen molar-refractivity contribution in [2.75, 3.05) is 5.32 Å². The average Bonchev–Trinajstić information content (AvgIpc) is 2.29. The molecule has 1 nitrogen and oxygen atoms in total. The second kappa shape index (κ2) is 4.60. The highest BCUT2D eigenvalue weighted by atomic mass is 19.1. The van der Waals surface area contributed by atoms with Gasteiger partial charge in [0.15, 0.2) is 0 Å². The maximum absolute atomic E-state index is 13.2. The van der Waals surface area contributed by atoms with E-state index in [1.54, 1.807) is 12.1 Å². The molecule has 0 saturated carbocycles. The van der Waals surface area contributed by atoms with Crippen molar-refractivity contribution in [1.29, 1.82) is 0 Å². The maximum atomic E-state index is 13.2. The van der Waals surface area contributed by atoms with Gasteiger partial charge in [0.1, 0.15) is 5.82 Å². The predicted molar refractivity (Wildman–Crippen MR) is 59.0 cm³/mol. The lowest BCUT2D eigenvalue weighted by atomic mass is 10.2. The van der Waals surface area contributed by atoms with Crippen molar-refractivity contribution in [3.8, 4) is 0 Å². The Kier molecular flexibility index (Phi) is 2.98. The number of hydrogen-bond acceptors (Lipinski definition) is 1. The molecular weight excluding hydrogens is 189 g/mol. The second-order valence-electron chi connectivity index (χ2n) is 3.25. The Morgan fingerprint density at radius 1 is 1.13 bits per heavy atom. The van der Waals surface area contributed by atoms with E-state index < -0.39 is 0 Å². The summed E-state index contributed by atoms with van der Waals surface area (Å²) in [7, 11) is 0. The molecule has 0 aliphatic heterocycles. The number of halogens is 1. The van der Waals surface area contributed by atoms with Gasteiger partial charge in [-0.1, -0.05) is 36.4 Å². The number of benzene rings is 2. The van der Waals surface area contributed by atoms with Crippen molar-refractivity contribution in [1.82, 2.24) is 0 Å². The Balaban J connectivity index is 2.03. The van der Waals surface area contributed by atoms with Gasteiger partial charge >= 0.3 is 0 Å². The maximum Gasteiger partial charge on any atom is 0.146 e. The van der Waals surface area contributed by atoms with Gasteiger partial charge in [-0.3, -0.25) is 0 Å². The zero-order valence-corrected chi connectivity index (χ0v) is 8.20. The SMILES string of the molecule is Fc1cc[c]cc1NCc1ccccc1. The van der Waals surface area contributed by atoms with Crippen LogP contribution in [0.1, 0.15) is 5.56 Å². The molecule has 2 aromatic carbocycles. The minimum absolute atomic E-state index is 0.246. The molecule has 2 aromatic rings. The van der Waals surface area contributed by atoms with E-state index in [0.29, 0.717) is 12.2 Å². The van der Waals surface area contributed by atoms with E-state index in [-0.39, 0.29) is 5.82 Å². The average molecular weight is 200 g/mol. The molecule has 0 unspecified atom stereocenters. The van der Waals surface area contributed by atoms with Crippen molar-refractivity contribution < 1.29 is 4.39 Å². The standard InChI is InChI=1S/C13H11FN/c14-12-8-4-5-9-13(12)15-10-11-6-2-1-3-7-11/h1-4,6-9,15H,10H2. The molecule has 0 spiro atoms. The summed E-state index contributed by atoms with van der Waals surface area (Å²) in [6, 6.07) is 17.3. The van der Waals surface area contributed by atoms with Crippen molar-refractivity contribution in [3.63, 3.8) is 0 Å². The minimum Gasteiger partial charge on any atom is -0.379 e. The van der Waals surface area contributed by atoms with Crippen LogP contribution in [0.3, 0.4) is 0 Å². The number of anilines is 1. The van der Waals surface area contributed by atoms with Crippen LogP contribution >= 0.6 is 0 Å². The first kappa shape index (κ1) is 9.71. The highest BCUT2D eigenvalue weighted by Crippen LogP contribution is 2.13. The van der Waals surface area contributed by atoms with Crippen LogP contribution in [0.15, 0.2) is 48.5 Å². The van der Waals surface area contributed by atoms with Gasteiger partial charge in [-0.05, 0) is 23.8 Å². The molecule has 2 heteroatoms. The zero-order valence-electron chi connectivity index (χ0n) is 8.20. The molecule has 0 aromatic heterocycles. The fourth-order valence-corrected chi connectivity index (χ4v) is 1.34. The molecular formula is C13H11FN. The molecule has 0 saturated heterocycles. The number of hydrogen-bond donors (Lipinski definition) is 1. The van der Waals surface area contributed by atoms with Gasteiger partial charge in [0, 0.05) is 6.54 Å². The Morgan fingerprint density at radius 2 is 1.93 bits per heavy atom. The lowest BCUT2D eigenvalue weighted by Crippen LogP contribution is -2.00. The van der Waals surface area contributed by atoms with Gasteiger partial charge in [-0.15, -0.1) is 0 Å². The highest BCUT2D eigenvalue weighted by Gasteiger charge is 1.98. The third kappa shape index (κ3) is 2.56. The topological polar surface area (TPSA) is 12.0 Å². The fourth-order valence-electron chi connectivity index (χ4n) is 1.34. The Morgan fingerprint density at radius 3 is 2.67 bits per heavy atom. The Bertz CT molecular complexity index is 426. The van der Waals surface area contributed by atoms with Crippen molar-refractivity contribution in [3.05, 3.63) is 66.0 Å². The van der Waals surface area contributed by atoms with E-state index in [0.717, 1.165) is 5.56 Å². The molecule has 1 N–H and O–H groups in total. The van der Waals surface area contributed by atoms with E-state index >= 15 is 0 Å². The summed E-state index contributed by atoms with van der Waals surface area (Å²) >= 11 is 0. The van der Waals surface area contributed by atoms with Crippen LogP contribution in [-0.4, -0.2) is 0 Å². The molecule has 0 atom stereocenters. The molecule has 2 rings (SSSR count). The van der Waals surface area contributed by atoms with Crippen LogP contribution in [0.4, 0.5) is 10.1 Å². The molecule has 0 aliphatic carbocycles. The van der Waals surface area contributed by atoms with Gasteiger partial charge < -0.3 is 5.32 Å². The van der Waals surface area contributed by atoms with Crippen LogP contribution in [0.25, 0.3) is 0 Å². The summed E-state index contributed by atoms with van der Waals surface area (Å²) in [4.78, 5) is 0. The molecule has 0 bridgehead atoms. The number of nitrogens with one attached hydrogen (secondary N) is 1. The van der Waals surface area contributed by atoms with Crippen molar-refractivity contribution in [2.24, 2.45) is 0 Å². The van der Waals surface area contributed by atoms with Crippen LogP contribution in [0.5, 0.6) is 0 Å². The summed E-state index contributed by atoms with van der Waals surface area (Å²) in [6.45, 7) is 0.621. The van der Waals surface area contributed by atoms with Crippen LogP contribution in [0.2, 0.25) is 0 Å². The molecule has 75 valence electrons. The summed E-state index contributed by atoms with van der Waals surface area (Å²) < 4.78 is 13.2. The second-order valence-corrected chi connectivity index (χ2v) is 3.25. The first-order chi connectivity index (χ1) is 7.36. The molecule has 0 aliphatic rings. The van der Waals surface area contributed by atoms with Gasteiger partial charge in [-0.2, -0.15) is 0 Å². The molecule has 0 fully saturated rings. The quantitative estimate of drug-likeness (QED) is 0.802. The summed E-state index contributed by atoms with van der Waals surface area (Å²) in [5, 5.41) is 3.02. The van der Waals surface area contributed by atoms with E-state index in [2.05, 4.69) is 11.4 Å². The van der Waals surface area contributed by atoms with Gasteiger partial charge in [0.2, 0.25) is 0 Å². The third-order valence-corrected chi connectivity index (χ3v) is 2.14. The van der Waals surface area contributed by atoms with E-state index in [1.165, 1.54) is 6.07 Å². The summed E-state index contributed by atoms with van der Waals surface area (Å²) in [5.74, 6) is -0.246. The molecule has 1 radical (unpaired) electrons. The Hall–Kier alpha value is -1.83.